The Labute approximate surface area is 158 Å². The van der Waals surface area contributed by atoms with Gasteiger partial charge >= 0.3 is 12.1 Å². The molecule has 0 saturated heterocycles. The second-order valence-electron chi connectivity index (χ2n) is 7.16. The Balaban J connectivity index is 2.96. The van der Waals surface area contributed by atoms with Crippen LogP contribution in [0.2, 0.25) is 0 Å². The van der Waals surface area contributed by atoms with Crippen molar-refractivity contribution >= 4 is 18.0 Å². The number of carbonyl (C=O) groups is 3. The van der Waals surface area contributed by atoms with Crippen molar-refractivity contribution in [2.24, 2.45) is 0 Å². The Morgan fingerprint density at radius 3 is 2.19 bits per heavy atom. The number of methoxy groups -OCH3 is 1. The van der Waals surface area contributed by atoms with Gasteiger partial charge in [0.1, 0.15) is 23.5 Å². The van der Waals surface area contributed by atoms with E-state index in [2.05, 4.69) is 5.32 Å². The SMILES string of the molecule is COC(=O)[C@@H](C)N(Cc1ccc(F)cc1)C(=O)[C@H](C)NC(=O)OC(C)(C)C. The topological polar surface area (TPSA) is 84.9 Å². The molecule has 2 atom stereocenters. The van der Waals surface area contributed by atoms with Gasteiger partial charge in [0.15, 0.2) is 0 Å². The molecule has 1 rings (SSSR count). The third-order valence-electron chi connectivity index (χ3n) is 3.66. The monoisotopic (exact) mass is 382 g/mol. The molecule has 0 aromatic heterocycles. The fraction of sp³-hybridized carbons (Fsp3) is 0.526. The van der Waals surface area contributed by atoms with Gasteiger partial charge in [0.25, 0.3) is 0 Å². The number of halogens is 1. The van der Waals surface area contributed by atoms with E-state index in [-0.39, 0.29) is 6.54 Å². The van der Waals surface area contributed by atoms with Crippen LogP contribution in [0.25, 0.3) is 0 Å². The molecule has 0 radical (unpaired) electrons. The van der Waals surface area contributed by atoms with E-state index in [1.54, 1.807) is 20.8 Å². The average molecular weight is 382 g/mol. The summed E-state index contributed by atoms with van der Waals surface area (Å²) in [6, 6.07) is 3.74. The smallest absolute Gasteiger partial charge is 0.408 e. The Morgan fingerprint density at radius 2 is 1.70 bits per heavy atom. The van der Waals surface area contributed by atoms with Crippen LogP contribution in [0.4, 0.5) is 9.18 Å². The third kappa shape index (κ3) is 7.24. The first kappa shape index (κ1) is 22.4. The van der Waals surface area contributed by atoms with Crippen LogP contribution >= 0.6 is 0 Å². The predicted molar refractivity (Wildman–Crippen MR) is 97.3 cm³/mol. The lowest BCUT2D eigenvalue weighted by Gasteiger charge is -2.30. The number of nitrogens with one attached hydrogen (secondary N) is 1. The van der Waals surface area contributed by atoms with E-state index in [9.17, 15) is 18.8 Å². The fourth-order valence-electron chi connectivity index (χ4n) is 2.28. The van der Waals surface area contributed by atoms with Gasteiger partial charge in [0.05, 0.1) is 7.11 Å². The third-order valence-corrected chi connectivity index (χ3v) is 3.66. The number of alkyl carbamates (subject to hydrolysis) is 1. The molecule has 0 aliphatic carbocycles. The molecule has 27 heavy (non-hydrogen) atoms. The van der Waals surface area contributed by atoms with E-state index in [1.165, 1.54) is 50.1 Å². The number of esters is 1. The number of amides is 2. The van der Waals surface area contributed by atoms with Crippen LogP contribution in [-0.2, 0) is 25.6 Å². The molecule has 150 valence electrons. The van der Waals surface area contributed by atoms with Gasteiger partial charge in [-0.25, -0.2) is 14.0 Å². The van der Waals surface area contributed by atoms with Crippen molar-refractivity contribution in [2.45, 2.75) is 58.8 Å². The Bertz CT molecular complexity index is 670. The molecule has 0 aliphatic rings. The summed E-state index contributed by atoms with van der Waals surface area (Å²) in [7, 11) is 1.22. The standard InChI is InChI=1S/C19H27FN2O5/c1-12(21-18(25)27-19(3,4)5)16(23)22(13(2)17(24)26-6)11-14-7-9-15(20)10-8-14/h7-10,12-13H,11H2,1-6H3,(H,21,25)/t12-,13+/m0/s1. The first-order valence-corrected chi connectivity index (χ1v) is 8.57. The Kier molecular flexibility index (Phi) is 7.75. The van der Waals surface area contributed by atoms with Crippen LogP contribution in [0.3, 0.4) is 0 Å². The quantitative estimate of drug-likeness (QED) is 0.765. The largest absolute Gasteiger partial charge is 0.467 e. The zero-order valence-corrected chi connectivity index (χ0v) is 16.5. The van der Waals surface area contributed by atoms with Crippen molar-refractivity contribution < 1.29 is 28.2 Å². The van der Waals surface area contributed by atoms with Gasteiger partial charge in [0.2, 0.25) is 5.91 Å². The van der Waals surface area contributed by atoms with Gasteiger partial charge in [-0.15, -0.1) is 0 Å². The van der Waals surface area contributed by atoms with Crippen LogP contribution in [0.1, 0.15) is 40.2 Å². The lowest BCUT2D eigenvalue weighted by molar-refractivity contribution is -0.153. The van der Waals surface area contributed by atoms with Gasteiger partial charge < -0.3 is 19.7 Å². The number of benzene rings is 1. The molecule has 1 aromatic carbocycles. The van der Waals surface area contributed by atoms with E-state index >= 15 is 0 Å². The zero-order chi connectivity index (χ0) is 20.8. The predicted octanol–water partition coefficient (Wildman–Crippen LogP) is 2.63. The number of rotatable bonds is 6. The lowest BCUT2D eigenvalue weighted by Crippen LogP contribution is -2.52. The molecule has 0 spiro atoms. The molecule has 2 amide bonds. The van der Waals surface area contributed by atoms with E-state index in [1.807, 2.05) is 0 Å². The van der Waals surface area contributed by atoms with E-state index in [4.69, 9.17) is 9.47 Å². The van der Waals surface area contributed by atoms with Crippen LogP contribution in [0.5, 0.6) is 0 Å². The molecule has 0 bridgehead atoms. The molecule has 1 N–H and O–H groups in total. The maximum Gasteiger partial charge on any atom is 0.408 e. The number of hydrogen-bond acceptors (Lipinski definition) is 5. The van der Waals surface area contributed by atoms with Gasteiger partial charge in [0, 0.05) is 6.54 Å². The number of hydrogen-bond donors (Lipinski definition) is 1. The minimum atomic E-state index is -0.938. The fourth-order valence-corrected chi connectivity index (χ4v) is 2.28. The Hall–Kier alpha value is -2.64. The molecular weight excluding hydrogens is 355 g/mol. The lowest BCUT2D eigenvalue weighted by atomic mass is 10.1. The number of nitrogens with zero attached hydrogens (tertiary/aromatic N) is 1. The summed E-state index contributed by atoms with van der Waals surface area (Å²) in [5.41, 5.74) is -0.0788. The minimum absolute atomic E-state index is 0.0513. The normalized spacial score (nSPS) is 13.3. The highest BCUT2D eigenvalue weighted by Gasteiger charge is 2.31. The molecule has 1 aromatic rings. The highest BCUT2D eigenvalue weighted by molar-refractivity contribution is 5.89. The summed E-state index contributed by atoms with van der Waals surface area (Å²) in [5.74, 6) is -1.50. The molecule has 0 unspecified atom stereocenters. The summed E-state index contributed by atoms with van der Waals surface area (Å²) in [4.78, 5) is 38.0. The molecule has 7 nitrogen and oxygen atoms in total. The van der Waals surface area contributed by atoms with Gasteiger partial charge in [-0.3, -0.25) is 4.79 Å². The number of carbonyl (C=O) groups excluding carboxylic acids is 3. The maximum atomic E-state index is 13.1. The summed E-state index contributed by atoms with van der Waals surface area (Å²) in [6.07, 6.45) is -0.740. The highest BCUT2D eigenvalue weighted by atomic mass is 19.1. The maximum absolute atomic E-state index is 13.1. The van der Waals surface area contributed by atoms with E-state index in [0.29, 0.717) is 5.56 Å². The first-order valence-electron chi connectivity index (χ1n) is 8.57. The summed E-state index contributed by atoms with van der Waals surface area (Å²) in [5, 5.41) is 2.46. The van der Waals surface area contributed by atoms with Crippen molar-refractivity contribution in [1.82, 2.24) is 10.2 Å². The van der Waals surface area contributed by atoms with E-state index < -0.39 is 41.5 Å². The summed E-state index contributed by atoms with van der Waals surface area (Å²) in [6.45, 7) is 8.19. The second kappa shape index (κ2) is 9.34. The van der Waals surface area contributed by atoms with Crippen molar-refractivity contribution in [3.05, 3.63) is 35.6 Å². The van der Waals surface area contributed by atoms with Crippen LogP contribution in [0, 0.1) is 5.82 Å². The van der Waals surface area contributed by atoms with Crippen molar-refractivity contribution in [1.29, 1.82) is 0 Å². The molecule has 0 saturated carbocycles. The molecule has 0 fully saturated rings. The van der Waals surface area contributed by atoms with Crippen molar-refractivity contribution in [3.8, 4) is 0 Å². The van der Waals surface area contributed by atoms with Crippen LogP contribution < -0.4 is 5.32 Å². The van der Waals surface area contributed by atoms with E-state index in [0.717, 1.165) is 0 Å². The molecule has 0 aliphatic heterocycles. The minimum Gasteiger partial charge on any atom is -0.467 e. The zero-order valence-electron chi connectivity index (χ0n) is 16.5. The van der Waals surface area contributed by atoms with Crippen molar-refractivity contribution in [3.63, 3.8) is 0 Å². The van der Waals surface area contributed by atoms with Gasteiger partial charge in [-0.05, 0) is 52.3 Å². The van der Waals surface area contributed by atoms with Crippen LogP contribution in [-0.4, -0.2) is 47.7 Å². The summed E-state index contributed by atoms with van der Waals surface area (Å²) < 4.78 is 23.0. The molecular formula is C19H27FN2O5. The molecule has 0 heterocycles. The van der Waals surface area contributed by atoms with Gasteiger partial charge in [-0.2, -0.15) is 0 Å². The second-order valence-corrected chi connectivity index (χ2v) is 7.16. The Morgan fingerprint density at radius 1 is 1.15 bits per heavy atom. The summed E-state index contributed by atoms with van der Waals surface area (Å²) >= 11 is 0. The molecule has 8 heteroatoms. The first-order chi connectivity index (χ1) is 12.4. The average Bonchev–Trinajstić information content (AvgIpc) is 2.57. The van der Waals surface area contributed by atoms with Crippen LogP contribution in [0.15, 0.2) is 24.3 Å². The van der Waals surface area contributed by atoms with Crippen molar-refractivity contribution in [2.75, 3.05) is 7.11 Å². The van der Waals surface area contributed by atoms with Gasteiger partial charge in [-0.1, -0.05) is 12.1 Å². The number of ether oxygens (including phenoxy) is 2. The highest BCUT2D eigenvalue weighted by Crippen LogP contribution is 2.13.